The summed E-state index contributed by atoms with van der Waals surface area (Å²) < 4.78 is 26.0. The molecule has 0 radical (unpaired) electrons. The van der Waals surface area contributed by atoms with Gasteiger partial charge in [-0.2, -0.15) is 0 Å². The maximum Gasteiger partial charge on any atom is 0.408 e. The zero-order chi connectivity index (χ0) is 24.3. The van der Waals surface area contributed by atoms with Gasteiger partial charge in [-0.3, -0.25) is 4.57 Å². The average Bonchev–Trinajstić information content (AvgIpc) is 2.92. The lowest BCUT2D eigenvalue weighted by Crippen LogP contribution is -2.34. The first-order valence-electron chi connectivity index (χ1n) is 11.3. The minimum atomic E-state index is -3.75. The van der Waals surface area contributed by atoms with Crippen LogP contribution in [0.2, 0.25) is 0 Å². The van der Waals surface area contributed by atoms with Crippen LogP contribution < -0.4 is 14.9 Å². The predicted octanol–water partition coefficient (Wildman–Crippen LogP) is 6.67. The van der Waals surface area contributed by atoms with Crippen LogP contribution in [0.3, 0.4) is 0 Å². The van der Waals surface area contributed by atoms with E-state index in [1.165, 1.54) is 0 Å². The number of rotatable bonds is 10. The van der Waals surface area contributed by atoms with E-state index < -0.39 is 19.4 Å². The van der Waals surface area contributed by atoms with Gasteiger partial charge in [0.25, 0.3) is 0 Å². The van der Waals surface area contributed by atoms with Gasteiger partial charge in [0.15, 0.2) is 5.78 Å². The van der Waals surface area contributed by atoms with Crippen LogP contribution >= 0.6 is 7.52 Å². The van der Waals surface area contributed by atoms with Crippen molar-refractivity contribution in [2.45, 2.75) is 18.9 Å². The number of para-hydroxylation sites is 1. The molecule has 0 fully saturated rings. The van der Waals surface area contributed by atoms with Crippen molar-refractivity contribution < 1.29 is 18.6 Å². The molecule has 2 atom stereocenters. The van der Waals surface area contributed by atoms with Gasteiger partial charge in [0.05, 0.1) is 0 Å². The number of alkyl carbamates (subject to hydrolysis) is 1. The third kappa shape index (κ3) is 7.06. The highest BCUT2D eigenvalue weighted by Crippen LogP contribution is 2.55. The first-order chi connectivity index (χ1) is 17.1. The largest absolute Gasteiger partial charge is 0.445 e. The summed E-state index contributed by atoms with van der Waals surface area (Å²) in [7, 11) is -3.75. The number of hydrogen-bond acceptors (Lipinski definition) is 4. The third-order valence-corrected chi connectivity index (χ3v) is 7.44. The van der Waals surface area contributed by atoms with Crippen LogP contribution in [0.1, 0.15) is 22.5 Å². The molecule has 1 amide bonds. The molecule has 0 aromatic heterocycles. The first-order valence-corrected chi connectivity index (χ1v) is 13.0. The molecule has 178 valence electrons. The minimum Gasteiger partial charge on any atom is -0.445 e. The molecule has 4 rings (SSSR count). The number of amides is 1. The van der Waals surface area contributed by atoms with Crippen LogP contribution in [0.15, 0.2) is 121 Å². The standard InChI is InChI=1S/C28H27N2O4P/c31-28(33-22-24-15-7-2-8-16-24)30-27(25-17-9-3-10-18-25)35(32,34-26-19-11-4-12-20-26)29-21-23-13-5-1-6-14-23/h1-20,27H,21-22H2,(H,29,32)(H,30,31). The van der Waals surface area contributed by atoms with Gasteiger partial charge < -0.3 is 14.6 Å². The summed E-state index contributed by atoms with van der Waals surface area (Å²) in [6.45, 7) is 0.379. The SMILES string of the molecule is O=C(NC(c1ccccc1)P(=O)(NCc1ccccc1)Oc1ccccc1)OCc1ccccc1. The van der Waals surface area contributed by atoms with Gasteiger partial charge in [-0.1, -0.05) is 109 Å². The second kappa shape index (κ2) is 12.0. The fraction of sp³-hybridized carbons (Fsp3) is 0.107. The molecule has 0 spiro atoms. The maximum atomic E-state index is 14.5. The Bertz CT molecular complexity index is 1240. The van der Waals surface area contributed by atoms with E-state index in [9.17, 15) is 9.36 Å². The fourth-order valence-corrected chi connectivity index (χ4v) is 5.52. The molecule has 2 N–H and O–H groups in total. The molecule has 0 aliphatic heterocycles. The minimum absolute atomic E-state index is 0.0927. The zero-order valence-electron chi connectivity index (χ0n) is 19.1. The molecule has 7 heteroatoms. The maximum absolute atomic E-state index is 14.5. The summed E-state index contributed by atoms with van der Waals surface area (Å²) >= 11 is 0. The van der Waals surface area contributed by atoms with Crippen LogP contribution in [-0.2, 0) is 22.5 Å². The van der Waals surface area contributed by atoms with Gasteiger partial charge in [0, 0.05) is 6.54 Å². The second-order valence-electron chi connectivity index (χ2n) is 7.84. The van der Waals surface area contributed by atoms with Crippen molar-refractivity contribution in [1.29, 1.82) is 0 Å². The molecule has 0 bridgehead atoms. The van der Waals surface area contributed by atoms with E-state index in [0.717, 1.165) is 11.1 Å². The highest BCUT2D eigenvalue weighted by Gasteiger charge is 2.39. The Labute approximate surface area is 205 Å². The summed E-state index contributed by atoms with van der Waals surface area (Å²) in [5.41, 5.74) is 2.41. The quantitative estimate of drug-likeness (QED) is 0.245. The molecule has 4 aromatic carbocycles. The fourth-order valence-electron chi connectivity index (χ4n) is 3.49. The summed E-state index contributed by atoms with van der Waals surface area (Å²) in [6, 6.07) is 37.0. The average molecular weight is 487 g/mol. The van der Waals surface area contributed by atoms with E-state index in [1.807, 2.05) is 84.9 Å². The Morgan fingerprint density at radius 1 is 0.714 bits per heavy atom. The molecule has 0 aliphatic carbocycles. The van der Waals surface area contributed by atoms with Crippen LogP contribution in [0.25, 0.3) is 0 Å². The van der Waals surface area contributed by atoms with E-state index in [4.69, 9.17) is 9.26 Å². The summed E-state index contributed by atoms with van der Waals surface area (Å²) in [6.07, 6.45) is -0.693. The molecule has 0 saturated carbocycles. The van der Waals surface area contributed by atoms with Crippen LogP contribution in [-0.4, -0.2) is 6.09 Å². The van der Waals surface area contributed by atoms with Gasteiger partial charge in [0.1, 0.15) is 12.4 Å². The second-order valence-corrected chi connectivity index (χ2v) is 10.1. The third-order valence-electron chi connectivity index (χ3n) is 5.25. The van der Waals surface area contributed by atoms with Crippen molar-refractivity contribution in [2.75, 3.05) is 0 Å². The number of carbonyl (C=O) groups excluding carboxylic acids is 1. The topological polar surface area (TPSA) is 76.7 Å². The number of ether oxygens (including phenoxy) is 1. The summed E-state index contributed by atoms with van der Waals surface area (Å²) in [5.74, 6) is -0.562. The monoisotopic (exact) mass is 486 g/mol. The first kappa shape index (κ1) is 24.3. The van der Waals surface area contributed by atoms with Crippen molar-refractivity contribution in [3.8, 4) is 5.75 Å². The van der Waals surface area contributed by atoms with Crippen molar-refractivity contribution >= 4 is 13.6 Å². The summed E-state index contributed by atoms with van der Waals surface area (Å²) in [4.78, 5) is 12.8. The van der Waals surface area contributed by atoms with Gasteiger partial charge in [0.2, 0.25) is 0 Å². The Hall–Kier alpha value is -3.86. The zero-order valence-corrected chi connectivity index (χ0v) is 20.0. The lowest BCUT2D eigenvalue weighted by atomic mass is 10.2. The molecular formula is C28H27N2O4P. The van der Waals surface area contributed by atoms with Crippen molar-refractivity contribution in [1.82, 2.24) is 10.4 Å². The Morgan fingerprint density at radius 2 is 1.23 bits per heavy atom. The molecule has 6 nitrogen and oxygen atoms in total. The number of nitrogens with one attached hydrogen (secondary N) is 2. The van der Waals surface area contributed by atoms with Gasteiger partial charge in [-0.25, -0.2) is 9.88 Å². The molecule has 35 heavy (non-hydrogen) atoms. The van der Waals surface area contributed by atoms with Gasteiger partial charge >= 0.3 is 13.6 Å². The van der Waals surface area contributed by atoms with Crippen molar-refractivity contribution in [2.24, 2.45) is 0 Å². The van der Waals surface area contributed by atoms with Crippen molar-refractivity contribution in [3.05, 3.63) is 138 Å². The van der Waals surface area contributed by atoms with E-state index in [1.54, 1.807) is 36.4 Å². The lowest BCUT2D eigenvalue weighted by Gasteiger charge is -2.29. The van der Waals surface area contributed by atoms with E-state index in [0.29, 0.717) is 11.3 Å². The smallest absolute Gasteiger partial charge is 0.408 e. The Balaban J connectivity index is 1.61. The summed E-state index contributed by atoms with van der Waals surface area (Å²) in [5, 5.41) is 5.89. The molecular weight excluding hydrogens is 459 g/mol. The van der Waals surface area contributed by atoms with E-state index in [2.05, 4.69) is 10.4 Å². The number of hydrogen-bond donors (Lipinski definition) is 2. The number of benzene rings is 4. The van der Waals surface area contributed by atoms with Crippen LogP contribution in [0, 0.1) is 0 Å². The van der Waals surface area contributed by atoms with Gasteiger partial charge in [-0.05, 0) is 28.8 Å². The highest BCUT2D eigenvalue weighted by atomic mass is 31.2. The van der Waals surface area contributed by atoms with Crippen LogP contribution in [0.5, 0.6) is 5.75 Å². The highest BCUT2D eigenvalue weighted by molar-refractivity contribution is 7.57. The Morgan fingerprint density at radius 3 is 1.83 bits per heavy atom. The van der Waals surface area contributed by atoms with Gasteiger partial charge in [-0.15, -0.1) is 0 Å². The molecule has 0 aliphatic rings. The van der Waals surface area contributed by atoms with E-state index in [-0.39, 0.29) is 13.2 Å². The molecule has 0 saturated heterocycles. The molecule has 0 heterocycles. The molecule has 4 aromatic rings. The van der Waals surface area contributed by atoms with Crippen molar-refractivity contribution in [3.63, 3.8) is 0 Å². The number of carbonyl (C=O) groups is 1. The Kier molecular flexibility index (Phi) is 8.34. The lowest BCUT2D eigenvalue weighted by molar-refractivity contribution is 0.138. The molecule has 2 unspecified atom stereocenters. The van der Waals surface area contributed by atoms with Crippen LogP contribution in [0.4, 0.5) is 4.79 Å². The van der Waals surface area contributed by atoms with E-state index >= 15 is 0 Å². The normalized spacial score (nSPS) is 13.3. The predicted molar refractivity (Wildman–Crippen MR) is 137 cm³/mol.